The summed E-state index contributed by atoms with van der Waals surface area (Å²) >= 11 is 0. The lowest BCUT2D eigenvalue weighted by molar-refractivity contribution is -0.220. The van der Waals surface area contributed by atoms with Gasteiger partial charge in [-0.1, -0.05) is 136 Å². The van der Waals surface area contributed by atoms with Crippen molar-refractivity contribution in [1.82, 2.24) is 0 Å². The summed E-state index contributed by atoms with van der Waals surface area (Å²) < 4.78 is 33.2. The van der Waals surface area contributed by atoms with Gasteiger partial charge in [0.05, 0.1) is 24.9 Å². The Bertz CT molecular complexity index is 1620. The van der Waals surface area contributed by atoms with E-state index in [1.165, 1.54) is 31.4 Å². The Morgan fingerprint density at radius 2 is 1.14 bits per heavy atom. The molecule has 3 unspecified atom stereocenters. The van der Waals surface area contributed by atoms with Gasteiger partial charge in [-0.25, -0.2) is 4.57 Å². The van der Waals surface area contributed by atoms with E-state index in [4.69, 9.17) is 18.5 Å². The van der Waals surface area contributed by atoms with Crippen molar-refractivity contribution in [3.05, 3.63) is 109 Å². The van der Waals surface area contributed by atoms with Crippen LogP contribution in [0, 0.1) is 0 Å². The van der Waals surface area contributed by atoms with E-state index < -0.39 is 94.0 Å². The van der Waals surface area contributed by atoms with Crippen LogP contribution >= 0.6 is 7.82 Å². The fraction of sp³-hybridized carbons (Fsp3) is 0.592. The van der Waals surface area contributed by atoms with E-state index in [0.29, 0.717) is 19.3 Å². The average Bonchev–Trinajstić information content (AvgIpc) is 3.29. The maximum atomic E-state index is 12.8. The van der Waals surface area contributed by atoms with Gasteiger partial charge in [0.1, 0.15) is 43.2 Å². The number of rotatable bonds is 35. The molecule has 0 amide bonds. The van der Waals surface area contributed by atoms with Crippen LogP contribution in [0.2, 0.25) is 0 Å². The molecule has 1 saturated carbocycles. The molecular formula is C49H77O16P. The second-order valence-corrected chi connectivity index (χ2v) is 17.1. The molecule has 0 radical (unpaired) electrons. The number of carbonyl (C=O) groups excluding carboxylic acids is 2. The summed E-state index contributed by atoms with van der Waals surface area (Å²) in [4.78, 5) is 35.7. The molecule has 16 nitrogen and oxygen atoms in total. The first-order chi connectivity index (χ1) is 31.6. The fourth-order valence-electron chi connectivity index (χ4n) is 6.09. The zero-order valence-corrected chi connectivity index (χ0v) is 39.4. The highest BCUT2D eigenvalue weighted by molar-refractivity contribution is 7.47. The second kappa shape index (κ2) is 37.4. The van der Waals surface area contributed by atoms with Crippen LogP contribution in [0.25, 0.3) is 0 Å². The van der Waals surface area contributed by atoms with Crippen molar-refractivity contribution in [2.45, 2.75) is 171 Å². The zero-order chi connectivity index (χ0) is 49.0. The van der Waals surface area contributed by atoms with E-state index in [-0.39, 0.29) is 25.7 Å². The number of carbonyl (C=O) groups is 2. The van der Waals surface area contributed by atoms with Crippen LogP contribution in [-0.2, 0) is 32.7 Å². The van der Waals surface area contributed by atoms with Crippen molar-refractivity contribution < 1.29 is 78.4 Å². The molecule has 0 aliphatic heterocycles. The summed E-state index contributed by atoms with van der Waals surface area (Å²) in [6.07, 6.45) is 26.4. The van der Waals surface area contributed by atoms with Crippen LogP contribution in [0.4, 0.5) is 0 Å². The summed E-state index contributed by atoms with van der Waals surface area (Å²) in [5, 5.41) is 80.7. The van der Waals surface area contributed by atoms with Gasteiger partial charge in [0.15, 0.2) is 6.10 Å². The fourth-order valence-corrected chi connectivity index (χ4v) is 7.06. The lowest BCUT2D eigenvalue weighted by Gasteiger charge is -2.41. The Morgan fingerprint density at radius 3 is 1.73 bits per heavy atom. The quantitative estimate of drug-likeness (QED) is 0.0120. The molecule has 0 bridgehead atoms. The molecule has 374 valence electrons. The van der Waals surface area contributed by atoms with E-state index in [2.05, 4.69) is 43.4 Å². The van der Waals surface area contributed by atoms with Crippen molar-refractivity contribution in [3.63, 3.8) is 0 Å². The number of hydrogen-bond donors (Lipinski definition) is 9. The second-order valence-electron chi connectivity index (χ2n) is 15.7. The van der Waals surface area contributed by atoms with Crippen molar-refractivity contribution in [2.75, 3.05) is 13.2 Å². The number of phosphoric ester groups is 1. The molecule has 1 aliphatic rings. The maximum Gasteiger partial charge on any atom is 0.472 e. The molecule has 1 rings (SSSR count). The third-order valence-corrected chi connectivity index (χ3v) is 10.9. The molecule has 1 aliphatic carbocycles. The van der Waals surface area contributed by atoms with E-state index in [1.54, 1.807) is 36.5 Å². The summed E-state index contributed by atoms with van der Waals surface area (Å²) in [5.41, 5.74) is 0. The van der Waals surface area contributed by atoms with Crippen LogP contribution in [0.3, 0.4) is 0 Å². The summed E-state index contributed by atoms with van der Waals surface area (Å²) in [6, 6.07) is 0. The molecule has 0 spiro atoms. The van der Waals surface area contributed by atoms with E-state index in [1.807, 2.05) is 31.2 Å². The Morgan fingerprint density at radius 1 is 0.606 bits per heavy atom. The Hall–Kier alpha value is -3.61. The number of allylic oxidation sites excluding steroid dienone is 15. The van der Waals surface area contributed by atoms with Gasteiger partial charge in [0, 0.05) is 12.8 Å². The third kappa shape index (κ3) is 29.2. The van der Waals surface area contributed by atoms with Gasteiger partial charge in [-0.2, -0.15) is 0 Å². The maximum absolute atomic E-state index is 12.8. The van der Waals surface area contributed by atoms with E-state index >= 15 is 0 Å². The number of aliphatic hydroxyl groups is 8. The molecule has 0 heterocycles. The first-order valence-corrected chi connectivity index (χ1v) is 24.5. The molecule has 66 heavy (non-hydrogen) atoms. The number of unbranched alkanes of at least 4 members (excludes halogenated alkanes) is 4. The van der Waals surface area contributed by atoms with Crippen LogP contribution in [0.15, 0.2) is 109 Å². The van der Waals surface area contributed by atoms with Gasteiger partial charge in [0.2, 0.25) is 0 Å². The normalized spacial score (nSPS) is 23.7. The largest absolute Gasteiger partial charge is 0.472 e. The lowest BCUT2D eigenvalue weighted by atomic mass is 9.85. The van der Waals surface area contributed by atoms with Gasteiger partial charge in [-0.3, -0.25) is 18.6 Å². The van der Waals surface area contributed by atoms with Gasteiger partial charge < -0.3 is 55.2 Å². The van der Waals surface area contributed by atoms with Crippen molar-refractivity contribution in [3.8, 4) is 0 Å². The molecule has 11 atom stereocenters. The highest BCUT2D eigenvalue weighted by Crippen LogP contribution is 2.47. The number of aliphatic hydroxyl groups excluding tert-OH is 8. The SMILES string of the molecule is CC/C=C\C[C@H](O)/C=C/C=C/C=C\C=C/[C@@H](O)[C@H](O)CCCC(=O)O[C@H](COC(=O)CCC/C=C\C/C=C\C/C=C\C/C=C\CCCCC)COP(=O)(O)OC1[C@H](O)[C@H](O)C(O)[C@H](O)[C@H]1O. The number of hydrogen-bond acceptors (Lipinski definition) is 15. The predicted molar refractivity (Wildman–Crippen MR) is 252 cm³/mol. The average molecular weight is 953 g/mol. The molecule has 1 fully saturated rings. The number of ether oxygens (including phenoxy) is 2. The van der Waals surface area contributed by atoms with E-state index in [9.17, 15) is 59.9 Å². The molecule has 0 saturated heterocycles. The first-order valence-electron chi connectivity index (χ1n) is 23.0. The van der Waals surface area contributed by atoms with Crippen LogP contribution in [-0.4, -0.2) is 132 Å². The molecule has 0 aromatic heterocycles. The standard InChI is InChI=1S/C49H77O16P/c1-3-5-7-8-9-10-11-12-13-14-15-16-17-18-19-24-28-34-42(53)62-36-39(37-63-66(60,61)65-49-47(58)45(56)44(55)46(57)48(49)59)64-43(54)35-29-33-41(52)40(51)32-27-23-21-20-22-26-31-38(50)30-25-6-4-2/h6,9-10,12-13,15-16,18-23,25-27,31-32,38-41,44-52,55-59H,3-5,7-8,11,14,17,24,28-30,33-37H2,1-2H3,(H,60,61)/b10-9-,13-12-,16-15-,19-18-,22-20+,23-21-,25-6-,31-26+,32-27-/t38-,39+,40+,41+,44?,45-,46+,47+,48+,49?/m0/s1. The predicted octanol–water partition coefficient (Wildman–Crippen LogP) is 5.74. The van der Waals surface area contributed by atoms with Crippen LogP contribution < -0.4 is 0 Å². The Kier molecular flexibility index (Phi) is 34.2. The Balaban J connectivity index is 2.67. The monoisotopic (exact) mass is 952 g/mol. The smallest absolute Gasteiger partial charge is 0.462 e. The van der Waals surface area contributed by atoms with Gasteiger partial charge >= 0.3 is 19.8 Å². The topological polar surface area (TPSA) is 270 Å². The summed E-state index contributed by atoms with van der Waals surface area (Å²) in [6.45, 7) is 2.72. The minimum absolute atomic E-state index is 0.00997. The molecule has 0 aromatic rings. The lowest BCUT2D eigenvalue weighted by Crippen LogP contribution is -2.64. The minimum atomic E-state index is -5.24. The van der Waals surface area contributed by atoms with Crippen molar-refractivity contribution >= 4 is 19.8 Å². The zero-order valence-electron chi connectivity index (χ0n) is 38.5. The van der Waals surface area contributed by atoms with Gasteiger partial charge in [-0.05, 0) is 70.6 Å². The van der Waals surface area contributed by atoms with E-state index in [0.717, 1.165) is 32.1 Å². The van der Waals surface area contributed by atoms with Gasteiger partial charge in [-0.15, -0.1) is 0 Å². The highest BCUT2D eigenvalue weighted by Gasteiger charge is 2.51. The third-order valence-electron chi connectivity index (χ3n) is 9.94. The molecule has 0 aromatic carbocycles. The van der Waals surface area contributed by atoms with Crippen molar-refractivity contribution in [1.29, 1.82) is 0 Å². The van der Waals surface area contributed by atoms with Gasteiger partial charge in [0.25, 0.3) is 0 Å². The highest BCUT2D eigenvalue weighted by atomic mass is 31.2. The molecular weight excluding hydrogens is 875 g/mol. The summed E-state index contributed by atoms with van der Waals surface area (Å²) in [5.74, 6) is -1.51. The first kappa shape index (κ1) is 60.4. The number of phosphoric acid groups is 1. The number of esters is 2. The summed E-state index contributed by atoms with van der Waals surface area (Å²) in [7, 11) is -5.24. The minimum Gasteiger partial charge on any atom is -0.462 e. The van der Waals surface area contributed by atoms with Crippen LogP contribution in [0.1, 0.15) is 110 Å². The van der Waals surface area contributed by atoms with Crippen LogP contribution in [0.5, 0.6) is 0 Å². The Labute approximate surface area is 391 Å². The molecule has 9 N–H and O–H groups in total. The molecule has 17 heteroatoms. The van der Waals surface area contributed by atoms with Crippen molar-refractivity contribution in [2.24, 2.45) is 0 Å².